The van der Waals surface area contributed by atoms with Gasteiger partial charge in [0, 0.05) is 18.3 Å². The molecule has 0 radical (unpaired) electrons. The molecule has 0 aliphatic heterocycles. The van der Waals surface area contributed by atoms with E-state index in [1.54, 1.807) is 0 Å². The summed E-state index contributed by atoms with van der Waals surface area (Å²) >= 11 is 0. The Morgan fingerprint density at radius 3 is 2.92 bits per heavy atom. The van der Waals surface area contributed by atoms with Gasteiger partial charge in [-0.05, 0) is 34.9 Å². The van der Waals surface area contributed by atoms with E-state index in [0.717, 1.165) is 27.9 Å². The lowest BCUT2D eigenvalue weighted by Crippen LogP contribution is -2.00. The standard InChI is InChI=1S/C16H16N8/c17-13-3-1-2-10(5-13)8-24-9-11(7-19-24)4-12-6-14(18)20-16-15(12)21-23-22-16/h1-3,5-7,9H,4,8,17H2,(H3,18,20,21,22,23). The van der Waals surface area contributed by atoms with Crippen LogP contribution in [0.5, 0.6) is 0 Å². The van der Waals surface area contributed by atoms with Gasteiger partial charge in [-0.15, -0.1) is 5.10 Å². The van der Waals surface area contributed by atoms with E-state index in [4.69, 9.17) is 11.5 Å². The van der Waals surface area contributed by atoms with Gasteiger partial charge in [0.15, 0.2) is 5.65 Å². The van der Waals surface area contributed by atoms with Crippen molar-refractivity contribution >= 4 is 22.7 Å². The van der Waals surface area contributed by atoms with Crippen molar-refractivity contribution in [1.82, 2.24) is 30.2 Å². The molecule has 0 spiro atoms. The zero-order valence-corrected chi connectivity index (χ0v) is 12.8. The second kappa shape index (κ2) is 5.65. The average molecular weight is 320 g/mol. The molecule has 0 saturated carbocycles. The molecule has 5 N–H and O–H groups in total. The molecule has 0 saturated heterocycles. The summed E-state index contributed by atoms with van der Waals surface area (Å²) in [7, 11) is 0. The fourth-order valence-corrected chi connectivity index (χ4v) is 2.74. The summed E-state index contributed by atoms with van der Waals surface area (Å²) in [5, 5.41) is 15.0. The van der Waals surface area contributed by atoms with Gasteiger partial charge in [-0.3, -0.25) is 4.68 Å². The molecular formula is C16H16N8. The third-order valence-corrected chi connectivity index (χ3v) is 3.77. The normalized spacial score (nSPS) is 11.2. The number of aromatic amines is 1. The molecule has 8 nitrogen and oxygen atoms in total. The van der Waals surface area contributed by atoms with Crippen LogP contribution in [0, 0.1) is 0 Å². The molecule has 0 atom stereocenters. The van der Waals surface area contributed by atoms with Crippen molar-refractivity contribution in [3.8, 4) is 0 Å². The average Bonchev–Trinajstić information content (AvgIpc) is 3.16. The maximum atomic E-state index is 5.84. The largest absolute Gasteiger partial charge is 0.399 e. The van der Waals surface area contributed by atoms with Crippen LogP contribution in [-0.2, 0) is 13.0 Å². The first-order valence-electron chi connectivity index (χ1n) is 7.49. The van der Waals surface area contributed by atoms with Crippen LogP contribution in [-0.4, -0.2) is 30.2 Å². The topological polar surface area (TPSA) is 124 Å². The maximum Gasteiger partial charge on any atom is 0.178 e. The van der Waals surface area contributed by atoms with Crippen LogP contribution in [0.4, 0.5) is 11.5 Å². The molecule has 1 aromatic carbocycles. The van der Waals surface area contributed by atoms with Crippen LogP contribution >= 0.6 is 0 Å². The molecule has 4 aromatic rings. The number of anilines is 2. The summed E-state index contributed by atoms with van der Waals surface area (Å²) < 4.78 is 1.88. The second-order valence-electron chi connectivity index (χ2n) is 5.68. The first-order valence-corrected chi connectivity index (χ1v) is 7.49. The number of benzene rings is 1. The number of hydrogen-bond donors (Lipinski definition) is 3. The maximum absolute atomic E-state index is 5.84. The molecule has 24 heavy (non-hydrogen) atoms. The highest BCUT2D eigenvalue weighted by Gasteiger charge is 2.10. The number of rotatable bonds is 4. The zero-order valence-electron chi connectivity index (χ0n) is 12.8. The van der Waals surface area contributed by atoms with Crippen LogP contribution in [0.25, 0.3) is 11.2 Å². The Bertz CT molecular complexity index is 1000. The third-order valence-electron chi connectivity index (χ3n) is 3.77. The molecule has 0 fully saturated rings. The Kier molecular flexibility index (Phi) is 3.34. The molecule has 0 aliphatic carbocycles. The predicted octanol–water partition coefficient (Wildman–Crippen LogP) is 1.35. The van der Waals surface area contributed by atoms with E-state index in [1.165, 1.54) is 0 Å². The smallest absolute Gasteiger partial charge is 0.178 e. The van der Waals surface area contributed by atoms with Gasteiger partial charge in [-0.2, -0.15) is 5.10 Å². The molecule has 0 bridgehead atoms. The number of nitrogens with one attached hydrogen (secondary N) is 1. The van der Waals surface area contributed by atoms with E-state index in [2.05, 4.69) is 25.5 Å². The van der Waals surface area contributed by atoms with E-state index >= 15 is 0 Å². The van der Waals surface area contributed by atoms with E-state index in [0.29, 0.717) is 24.4 Å². The minimum atomic E-state index is 0.440. The van der Waals surface area contributed by atoms with E-state index in [-0.39, 0.29) is 0 Å². The lowest BCUT2D eigenvalue weighted by Gasteiger charge is -2.03. The molecule has 0 unspecified atom stereocenters. The summed E-state index contributed by atoms with van der Waals surface area (Å²) in [5.41, 5.74) is 16.9. The quantitative estimate of drug-likeness (QED) is 0.488. The SMILES string of the molecule is Nc1cccc(Cn2cc(Cc3cc(N)nc4[nH]nnc34)cn2)c1. The van der Waals surface area contributed by atoms with Crippen molar-refractivity contribution in [1.29, 1.82) is 0 Å². The van der Waals surface area contributed by atoms with Gasteiger partial charge in [0.2, 0.25) is 0 Å². The van der Waals surface area contributed by atoms with Crippen LogP contribution < -0.4 is 11.5 Å². The highest BCUT2D eigenvalue weighted by Crippen LogP contribution is 2.19. The van der Waals surface area contributed by atoms with E-state index < -0.39 is 0 Å². The second-order valence-corrected chi connectivity index (χ2v) is 5.68. The molecule has 4 rings (SSSR count). The molecule has 0 amide bonds. The van der Waals surface area contributed by atoms with Crippen LogP contribution in [0.3, 0.4) is 0 Å². The number of fused-ring (bicyclic) bond motifs is 1. The summed E-state index contributed by atoms with van der Waals surface area (Å²) in [6, 6.07) is 9.61. The first-order chi connectivity index (χ1) is 11.7. The Hall–Kier alpha value is -3.42. The van der Waals surface area contributed by atoms with Crippen LogP contribution in [0.15, 0.2) is 42.7 Å². The molecule has 3 heterocycles. The third kappa shape index (κ3) is 2.76. The fourth-order valence-electron chi connectivity index (χ4n) is 2.74. The Balaban J connectivity index is 1.57. The highest BCUT2D eigenvalue weighted by molar-refractivity contribution is 5.76. The van der Waals surface area contributed by atoms with Crippen molar-refractivity contribution < 1.29 is 0 Å². The lowest BCUT2D eigenvalue weighted by atomic mass is 10.1. The van der Waals surface area contributed by atoms with Gasteiger partial charge >= 0.3 is 0 Å². The van der Waals surface area contributed by atoms with Gasteiger partial charge < -0.3 is 11.5 Å². The minimum Gasteiger partial charge on any atom is -0.399 e. The summed E-state index contributed by atoms with van der Waals surface area (Å²) in [6.45, 7) is 0.670. The predicted molar refractivity (Wildman–Crippen MR) is 91.1 cm³/mol. The minimum absolute atomic E-state index is 0.440. The van der Waals surface area contributed by atoms with Crippen molar-refractivity contribution in [2.45, 2.75) is 13.0 Å². The van der Waals surface area contributed by atoms with Crippen molar-refractivity contribution in [3.63, 3.8) is 0 Å². The Morgan fingerprint density at radius 2 is 2.04 bits per heavy atom. The molecule has 0 aliphatic rings. The number of aromatic nitrogens is 6. The number of pyridine rings is 1. The van der Waals surface area contributed by atoms with Gasteiger partial charge in [0.1, 0.15) is 11.3 Å². The number of nitrogen functional groups attached to an aromatic ring is 2. The van der Waals surface area contributed by atoms with Crippen molar-refractivity contribution in [2.24, 2.45) is 0 Å². The summed E-state index contributed by atoms with van der Waals surface area (Å²) in [6.07, 6.45) is 4.51. The number of hydrogen-bond acceptors (Lipinski definition) is 6. The highest BCUT2D eigenvalue weighted by atomic mass is 15.3. The lowest BCUT2D eigenvalue weighted by molar-refractivity contribution is 0.686. The summed E-state index contributed by atoms with van der Waals surface area (Å²) in [4.78, 5) is 4.17. The van der Waals surface area contributed by atoms with Crippen molar-refractivity contribution in [3.05, 3.63) is 59.4 Å². The van der Waals surface area contributed by atoms with E-state index in [1.807, 2.05) is 47.4 Å². The first kappa shape index (κ1) is 14.2. The Morgan fingerprint density at radius 1 is 1.12 bits per heavy atom. The Labute approximate surface area is 137 Å². The number of nitrogens with two attached hydrogens (primary N) is 2. The fraction of sp³-hybridized carbons (Fsp3) is 0.125. The molecular weight excluding hydrogens is 304 g/mol. The van der Waals surface area contributed by atoms with Gasteiger partial charge in [0.25, 0.3) is 0 Å². The zero-order chi connectivity index (χ0) is 16.5. The van der Waals surface area contributed by atoms with Crippen molar-refractivity contribution in [2.75, 3.05) is 11.5 Å². The monoisotopic (exact) mass is 320 g/mol. The summed E-state index contributed by atoms with van der Waals surface area (Å²) in [5.74, 6) is 0.440. The molecule has 8 heteroatoms. The van der Waals surface area contributed by atoms with E-state index in [9.17, 15) is 0 Å². The van der Waals surface area contributed by atoms with Crippen LogP contribution in [0.1, 0.15) is 16.7 Å². The molecule has 3 aromatic heterocycles. The molecule has 120 valence electrons. The number of nitrogens with zero attached hydrogens (tertiary/aromatic N) is 5. The van der Waals surface area contributed by atoms with Gasteiger partial charge in [-0.1, -0.05) is 17.3 Å². The van der Waals surface area contributed by atoms with Gasteiger partial charge in [-0.25, -0.2) is 10.1 Å². The van der Waals surface area contributed by atoms with Gasteiger partial charge in [0.05, 0.1) is 12.7 Å². The van der Waals surface area contributed by atoms with Crippen LogP contribution in [0.2, 0.25) is 0 Å². The number of H-pyrrole nitrogens is 1.